The van der Waals surface area contributed by atoms with E-state index < -0.39 is 0 Å². The molecule has 0 heterocycles. The van der Waals surface area contributed by atoms with Gasteiger partial charge in [-0.15, -0.1) is 0 Å². The first kappa shape index (κ1) is 20.9. The van der Waals surface area contributed by atoms with Gasteiger partial charge in [0.05, 0.1) is 12.2 Å². The van der Waals surface area contributed by atoms with Crippen molar-refractivity contribution in [3.8, 4) is 0 Å². The highest BCUT2D eigenvalue weighted by atomic mass is 16.3. The fraction of sp³-hybridized carbons (Fsp3) is 0.920. The van der Waals surface area contributed by atoms with Crippen molar-refractivity contribution in [3.05, 3.63) is 11.6 Å². The third kappa shape index (κ3) is 2.87. The van der Waals surface area contributed by atoms with E-state index in [1.165, 1.54) is 31.3 Å². The first-order valence-electron chi connectivity index (χ1n) is 11.9. The molecule has 4 fully saturated rings. The molecule has 4 rings (SSSR count). The van der Waals surface area contributed by atoms with Crippen LogP contribution in [-0.4, -0.2) is 34.1 Å². The smallest absolute Gasteiger partial charge is 0.0786 e. The Morgan fingerprint density at radius 2 is 1.71 bits per heavy atom. The Morgan fingerprint density at radius 1 is 1.04 bits per heavy atom. The molecule has 0 aliphatic heterocycles. The van der Waals surface area contributed by atoms with Gasteiger partial charge in [0.1, 0.15) is 0 Å². The second-order valence-electron chi connectivity index (χ2n) is 11.2. The van der Waals surface area contributed by atoms with Crippen LogP contribution in [0.3, 0.4) is 0 Å². The van der Waals surface area contributed by atoms with E-state index in [2.05, 4.69) is 33.8 Å². The molecular weight excluding hydrogens is 348 g/mol. The lowest BCUT2D eigenvalue weighted by atomic mass is 9.42. The lowest BCUT2D eigenvalue weighted by molar-refractivity contribution is -0.147. The molecule has 0 aromatic rings. The van der Waals surface area contributed by atoms with E-state index in [0.717, 1.165) is 25.7 Å². The first-order chi connectivity index (χ1) is 13.3. The van der Waals surface area contributed by atoms with Gasteiger partial charge in [-0.1, -0.05) is 26.8 Å². The van der Waals surface area contributed by atoms with E-state index in [4.69, 9.17) is 0 Å². The molecule has 4 aliphatic rings. The summed E-state index contributed by atoms with van der Waals surface area (Å²) in [6.45, 7) is 9.68. The highest BCUT2D eigenvalue weighted by Crippen LogP contribution is 2.69. The summed E-state index contributed by atoms with van der Waals surface area (Å²) in [5.41, 5.74) is 1.74. The minimum Gasteiger partial charge on any atom is -0.396 e. The molecule has 0 aromatic carbocycles. The summed E-state index contributed by atoms with van der Waals surface area (Å²) < 4.78 is 0. The quantitative estimate of drug-likeness (QED) is 0.620. The molecule has 0 unspecified atom stereocenters. The molecule has 0 amide bonds. The molecule has 3 heteroatoms. The van der Waals surface area contributed by atoms with Gasteiger partial charge in [0.2, 0.25) is 0 Å². The minimum atomic E-state index is -0.338. The number of hydrogen-bond acceptors (Lipinski definition) is 3. The largest absolute Gasteiger partial charge is 0.396 e. The topological polar surface area (TPSA) is 60.7 Å². The lowest BCUT2D eigenvalue weighted by Gasteiger charge is -2.63. The minimum absolute atomic E-state index is 0.208. The van der Waals surface area contributed by atoms with Crippen LogP contribution < -0.4 is 0 Å². The van der Waals surface area contributed by atoms with Crippen LogP contribution in [0.4, 0.5) is 0 Å². The van der Waals surface area contributed by atoms with E-state index in [1.54, 1.807) is 0 Å². The summed E-state index contributed by atoms with van der Waals surface area (Å²) in [5, 5.41) is 31.5. The maximum atomic E-state index is 11.6. The van der Waals surface area contributed by atoms with Gasteiger partial charge < -0.3 is 15.3 Å². The summed E-state index contributed by atoms with van der Waals surface area (Å²) in [6.07, 6.45) is 10.3. The van der Waals surface area contributed by atoms with Crippen molar-refractivity contribution in [3.63, 3.8) is 0 Å². The average Bonchev–Trinajstić information content (AvgIpc) is 3.01. The van der Waals surface area contributed by atoms with Crippen molar-refractivity contribution >= 4 is 0 Å². The van der Waals surface area contributed by atoms with E-state index in [0.29, 0.717) is 40.9 Å². The zero-order valence-corrected chi connectivity index (χ0v) is 18.4. The van der Waals surface area contributed by atoms with Crippen LogP contribution >= 0.6 is 0 Å². The van der Waals surface area contributed by atoms with Crippen LogP contribution in [-0.2, 0) is 0 Å². The molecule has 0 bridgehead atoms. The molecule has 4 aliphatic carbocycles. The molecule has 0 aromatic heterocycles. The zero-order chi connectivity index (χ0) is 20.3. The maximum Gasteiger partial charge on any atom is 0.0786 e. The summed E-state index contributed by atoms with van der Waals surface area (Å²) in [7, 11) is 0. The number of aliphatic hydroxyl groups is 3. The fourth-order valence-corrected chi connectivity index (χ4v) is 8.86. The van der Waals surface area contributed by atoms with Crippen molar-refractivity contribution < 1.29 is 15.3 Å². The van der Waals surface area contributed by atoms with Crippen molar-refractivity contribution in [2.24, 2.45) is 46.3 Å². The molecule has 4 saturated carbocycles. The van der Waals surface area contributed by atoms with Gasteiger partial charge in [-0.25, -0.2) is 0 Å². The molecule has 0 spiro atoms. The molecular formula is C25H42O3. The number of hydrogen-bond donors (Lipinski definition) is 3. The van der Waals surface area contributed by atoms with Gasteiger partial charge in [-0.2, -0.15) is 0 Å². The Bertz CT molecular complexity index is 615. The Hall–Kier alpha value is -0.380. The van der Waals surface area contributed by atoms with Crippen molar-refractivity contribution in [1.29, 1.82) is 0 Å². The molecule has 3 nitrogen and oxygen atoms in total. The van der Waals surface area contributed by atoms with Gasteiger partial charge in [0.25, 0.3) is 0 Å². The average molecular weight is 391 g/mol. The van der Waals surface area contributed by atoms with E-state index in [9.17, 15) is 15.3 Å². The van der Waals surface area contributed by atoms with Gasteiger partial charge in [0, 0.05) is 6.61 Å². The summed E-state index contributed by atoms with van der Waals surface area (Å²) in [6, 6.07) is 0. The van der Waals surface area contributed by atoms with Crippen LogP contribution in [0.5, 0.6) is 0 Å². The molecule has 160 valence electrons. The van der Waals surface area contributed by atoms with E-state index in [1.807, 2.05) is 0 Å². The summed E-state index contributed by atoms with van der Waals surface area (Å²) in [4.78, 5) is 0. The maximum absolute atomic E-state index is 11.6. The second-order valence-corrected chi connectivity index (χ2v) is 11.2. The Morgan fingerprint density at radius 3 is 2.39 bits per heavy atom. The van der Waals surface area contributed by atoms with E-state index >= 15 is 0 Å². The zero-order valence-electron chi connectivity index (χ0n) is 18.4. The van der Waals surface area contributed by atoms with Gasteiger partial charge >= 0.3 is 0 Å². The normalized spacial score (nSPS) is 53.4. The van der Waals surface area contributed by atoms with Crippen LogP contribution in [0.1, 0.15) is 79.1 Å². The number of fused-ring (bicyclic) bond motifs is 5. The van der Waals surface area contributed by atoms with Crippen molar-refractivity contribution in [2.75, 3.05) is 6.61 Å². The second kappa shape index (κ2) is 7.39. The fourth-order valence-electron chi connectivity index (χ4n) is 8.86. The molecule has 3 N–H and O–H groups in total. The van der Waals surface area contributed by atoms with Gasteiger partial charge in [-0.05, 0) is 110 Å². The highest BCUT2D eigenvalue weighted by molar-refractivity contribution is 5.26. The van der Waals surface area contributed by atoms with Crippen LogP contribution in [0.25, 0.3) is 0 Å². The lowest BCUT2D eigenvalue weighted by Crippen LogP contribution is -2.59. The molecule has 0 radical (unpaired) electrons. The molecule has 10 atom stereocenters. The standard InChI is InChI=1S/C25H42O3/c1-5-17-21-14-16(27)8-11-25(21,4)20-9-12-24(3)18(15(2)10-13-26)6-7-19(24)22(20)23(17)28/h5,15-16,18-23,26-28H,6-14H2,1-4H3/b17-5-/t15-,16-,18-,19+,20+,21+,22+,23+,24-,25-/m1/s1. The van der Waals surface area contributed by atoms with Crippen molar-refractivity contribution in [2.45, 2.75) is 91.3 Å². The third-order valence-electron chi connectivity index (χ3n) is 10.3. The SMILES string of the molecule is C/C=C1\[C@H](O)[C@@H]2[C@H](CC[C@]3(C)[C@@H]([C@H](C)CCO)CC[C@@H]23)[C@@]2(C)CC[C@@H](O)C[C@@H]12. The number of rotatable bonds is 3. The highest BCUT2D eigenvalue weighted by Gasteiger charge is 2.63. The van der Waals surface area contributed by atoms with Gasteiger partial charge in [0.15, 0.2) is 0 Å². The van der Waals surface area contributed by atoms with Crippen LogP contribution in [0.2, 0.25) is 0 Å². The summed E-state index contributed by atoms with van der Waals surface area (Å²) in [5.74, 6) is 3.11. The Kier molecular flexibility index (Phi) is 5.51. The third-order valence-corrected chi connectivity index (χ3v) is 10.3. The predicted molar refractivity (Wildman–Crippen MR) is 113 cm³/mol. The Labute approximate surface area is 171 Å². The van der Waals surface area contributed by atoms with Gasteiger partial charge in [-0.3, -0.25) is 0 Å². The van der Waals surface area contributed by atoms with E-state index in [-0.39, 0.29) is 24.2 Å². The Balaban J connectivity index is 1.69. The van der Waals surface area contributed by atoms with Crippen molar-refractivity contribution in [1.82, 2.24) is 0 Å². The van der Waals surface area contributed by atoms with Crippen LogP contribution in [0, 0.1) is 46.3 Å². The summed E-state index contributed by atoms with van der Waals surface area (Å²) >= 11 is 0. The number of allylic oxidation sites excluding steroid dienone is 1. The molecule has 0 saturated heterocycles. The predicted octanol–water partition coefficient (Wildman–Crippen LogP) is 4.55. The number of aliphatic hydroxyl groups excluding tert-OH is 3. The van der Waals surface area contributed by atoms with Crippen LogP contribution in [0.15, 0.2) is 11.6 Å². The monoisotopic (exact) mass is 390 g/mol. The molecule has 28 heavy (non-hydrogen) atoms. The first-order valence-corrected chi connectivity index (χ1v) is 11.9.